The van der Waals surface area contributed by atoms with Crippen LogP contribution in [-0.4, -0.2) is 7.05 Å². The monoisotopic (exact) mass is 261 g/mol. The van der Waals surface area contributed by atoms with E-state index >= 15 is 0 Å². The molecule has 1 aliphatic heterocycles. The Kier molecular flexibility index (Phi) is 4.32. The maximum Gasteiger partial charge on any atom is 0.0725 e. The van der Waals surface area contributed by atoms with E-state index in [0.29, 0.717) is 17.4 Å². The SMILES string of the molecule is CNC(CC(C)C(C)(C)C)c1ccc2c(c1)COC2. The van der Waals surface area contributed by atoms with Crippen molar-refractivity contribution in [3.63, 3.8) is 0 Å². The van der Waals surface area contributed by atoms with Crippen LogP contribution in [0.25, 0.3) is 0 Å². The standard InChI is InChI=1S/C17H27NO/c1-12(17(2,3)4)8-16(18-5)13-6-7-14-10-19-11-15(14)9-13/h6-7,9,12,16,18H,8,10-11H2,1-5H3. The van der Waals surface area contributed by atoms with Gasteiger partial charge in [-0.15, -0.1) is 0 Å². The van der Waals surface area contributed by atoms with E-state index in [1.165, 1.54) is 23.1 Å². The molecule has 0 amide bonds. The van der Waals surface area contributed by atoms with Gasteiger partial charge < -0.3 is 10.1 Å². The predicted octanol–water partition coefficient (Wildman–Crippen LogP) is 4.05. The fourth-order valence-corrected chi connectivity index (χ4v) is 2.54. The lowest BCUT2D eigenvalue weighted by atomic mass is 9.77. The molecule has 1 aromatic carbocycles. The Morgan fingerprint density at radius 2 is 1.89 bits per heavy atom. The van der Waals surface area contributed by atoms with E-state index in [9.17, 15) is 0 Å². The molecular formula is C17H27NO. The van der Waals surface area contributed by atoms with E-state index < -0.39 is 0 Å². The van der Waals surface area contributed by atoms with Crippen LogP contribution in [0, 0.1) is 11.3 Å². The molecular weight excluding hydrogens is 234 g/mol. The fourth-order valence-electron chi connectivity index (χ4n) is 2.54. The average Bonchev–Trinajstić information content (AvgIpc) is 2.81. The fraction of sp³-hybridized carbons (Fsp3) is 0.647. The van der Waals surface area contributed by atoms with Crippen molar-refractivity contribution in [1.82, 2.24) is 5.32 Å². The number of hydrogen-bond donors (Lipinski definition) is 1. The molecule has 2 unspecified atom stereocenters. The molecule has 1 aromatic rings. The van der Waals surface area contributed by atoms with Crippen molar-refractivity contribution >= 4 is 0 Å². The zero-order chi connectivity index (χ0) is 14.0. The van der Waals surface area contributed by atoms with Crippen LogP contribution in [0.3, 0.4) is 0 Å². The second kappa shape index (κ2) is 5.64. The molecule has 1 aliphatic rings. The summed E-state index contributed by atoms with van der Waals surface area (Å²) in [6.45, 7) is 10.9. The molecule has 2 nitrogen and oxygen atoms in total. The molecule has 2 rings (SSSR count). The van der Waals surface area contributed by atoms with Crippen molar-refractivity contribution < 1.29 is 4.74 Å². The van der Waals surface area contributed by atoms with Crippen LogP contribution in [0.15, 0.2) is 18.2 Å². The second-order valence-corrected chi connectivity index (χ2v) is 6.86. The number of nitrogens with one attached hydrogen (secondary N) is 1. The lowest BCUT2D eigenvalue weighted by Gasteiger charge is -2.31. The Balaban J connectivity index is 2.14. The maximum atomic E-state index is 5.50. The Morgan fingerprint density at radius 3 is 2.53 bits per heavy atom. The van der Waals surface area contributed by atoms with E-state index in [2.05, 4.69) is 58.3 Å². The Bertz CT molecular complexity index is 433. The highest BCUT2D eigenvalue weighted by Crippen LogP contribution is 2.34. The molecule has 106 valence electrons. The van der Waals surface area contributed by atoms with Gasteiger partial charge in [0.1, 0.15) is 0 Å². The van der Waals surface area contributed by atoms with Gasteiger partial charge >= 0.3 is 0 Å². The minimum atomic E-state index is 0.356. The van der Waals surface area contributed by atoms with Gasteiger partial charge in [0.2, 0.25) is 0 Å². The van der Waals surface area contributed by atoms with Crippen LogP contribution in [0.5, 0.6) is 0 Å². The number of fused-ring (bicyclic) bond motifs is 1. The van der Waals surface area contributed by atoms with Crippen LogP contribution in [0.1, 0.15) is 56.8 Å². The second-order valence-electron chi connectivity index (χ2n) is 6.86. The third-order valence-electron chi connectivity index (χ3n) is 4.56. The molecule has 19 heavy (non-hydrogen) atoms. The summed E-state index contributed by atoms with van der Waals surface area (Å²) in [4.78, 5) is 0. The van der Waals surface area contributed by atoms with Gasteiger partial charge in [0.05, 0.1) is 13.2 Å². The highest BCUT2D eigenvalue weighted by Gasteiger charge is 2.24. The van der Waals surface area contributed by atoms with Crippen molar-refractivity contribution in [2.75, 3.05) is 7.05 Å². The topological polar surface area (TPSA) is 21.3 Å². The Morgan fingerprint density at radius 1 is 1.21 bits per heavy atom. The smallest absolute Gasteiger partial charge is 0.0725 e. The molecule has 0 aliphatic carbocycles. The van der Waals surface area contributed by atoms with Crippen LogP contribution in [0.4, 0.5) is 0 Å². The average molecular weight is 261 g/mol. The molecule has 1 N–H and O–H groups in total. The van der Waals surface area contributed by atoms with Crippen molar-refractivity contribution in [2.24, 2.45) is 11.3 Å². The minimum Gasteiger partial charge on any atom is -0.372 e. The molecule has 2 heteroatoms. The van der Waals surface area contributed by atoms with Crippen LogP contribution in [0.2, 0.25) is 0 Å². The molecule has 2 atom stereocenters. The summed E-state index contributed by atoms with van der Waals surface area (Å²) >= 11 is 0. The molecule has 0 saturated carbocycles. The quantitative estimate of drug-likeness (QED) is 0.883. The van der Waals surface area contributed by atoms with Crippen LogP contribution >= 0.6 is 0 Å². The zero-order valence-electron chi connectivity index (χ0n) is 12.9. The third-order valence-corrected chi connectivity index (χ3v) is 4.56. The van der Waals surface area contributed by atoms with E-state index in [0.717, 1.165) is 13.2 Å². The number of rotatable bonds is 4. The summed E-state index contributed by atoms with van der Waals surface area (Å²) < 4.78 is 5.50. The molecule has 0 spiro atoms. The first-order chi connectivity index (χ1) is 8.91. The van der Waals surface area contributed by atoms with E-state index in [1.807, 2.05) is 0 Å². The first kappa shape index (κ1) is 14.5. The lowest BCUT2D eigenvalue weighted by molar-refractivity contribution is 0.134. The van der Waals surface area contributed by atoms with E-state index in [1.54, 1.807) is 0 Å². The van der Waals surface area contributed by atoms with Crippen molar-refractivity contribution in [2.45, 2.75) is 53.4 Å². The van der Waals surface area contributed by atoms with Crippen LogP contribution in [-0.2, 0) is 18.0 Å². The summed E-state index contributed by atoms with van der Waals surface area (Å²) in [5.41, 5.74) is 4.46. The Hall–Kier alpha value is -0.860. The van der Waals surface area contributed by atoms with Crippen molar-refractivity contribution in [1.29, 1.82) is 0 Å². The summed E-state index contributed by atoms with van der Waals surface area (Å²) in [5.74, 6) is 0.675. The summed E-state index contributed by atoms with van der Waals surface area (Å²) in [7, 11) is 2.06. The van der Waals surface area contributed by atoms with E-state index in [-0.39, 0.29) is 0 Å². The van der Waals surface area contributed by atoms with Gasteiger partial charge in [0.15, 0.2) is 0 Å². The Labute approximate surface area is 117 Å². The summed E-state index contributed by atoms with van der Waals surface area (Å²) in [6, 6.07) is 7.23. The molecule has 0 saturated heterocycles. The molecule has 0 fully saturated rings. The number of benzene rings is 1. The lowest BCUT2D eigenvalue weighted by Crippen LogP contribution is -2.25. The first-order valence-electron chi connectivity index (χ1n) is 7.28. The third kappa shape index (κ3) is 3.37. The van der Waals surface area contributed by atoms with Crippen molar-refractivity contribution in [3.8, 4) is 0 Å². The van der Waals surface area contributed by atoms with Gasteiger partial charge in [0.25, 0.3) is 0 Å². The molecule has 0 radical (unpaired) electrons. The maximum absolute atomic E-state index is 5.50. The predicted molar refractivity (Wildman–Crippen MR) is 80.0 cm³/mol. The summed E-state index contributed by atoms with van der Waals surface area (Å²) in [6.07, 6.45) is 1.17. The largest absolute Gasteiger partial charge is 0.372 e. The minimum absolute atomic E-state index is 0.356. The van der Waals surface area contributed by atoms with Gasteiger partial charge in [-0.3, -0.25) is 0 Å². The molecule has 0 bridgehead atoms. The first-order valence-corrected chi connectivity index (χ1v) is 7.28. The highest BCUT2D eigenvalue weighted by atomic mass is 16.5. The molecule has 0 aromatic heterocycles. The number of ether oxygens (including phenoxy) is 1. The van der Waals surface area contributed by atoms with Gasteiger partial charge in [0, 0.05) is 6.04 Å². The van der Waals surface area contributed by atoms with E-state index in [4.69, 9.17) is 4.74 Å². The summed E-state index contributed by atoms with van der Waals surface area (Å²) in [5, 5.41) is 3.47. The van der Waals surface area contributed by atoms with Gasteiger partial charge in [-0.1, -0.05) is 45.9 Å². The van der Waals surface area contributed by atoms with Crippen LogP contribution < -0.4 is 5.32 Å². The van der Waals surface area contributed by atoms with Gasteiger partial charge in [-0.2, -0.15) is 0 Å². The number of hydrogen-bond acceptors (Lipinski definition) is 2. The van der Waals surface area contributed by atoms with Crippen molar-refractivity contribution in [3.05, 3.63) is 34.9 Å². The normalized spacial score (nSPS) is 18.2. The van der Waals surface area contributed by atoms with Gasteiger partial charge in [-0.25, -0.2) is 0 Å². The highest BCUT2D eigenvalue weighted by molar-refractivity contribution is 5.34. The zero-order valence-corrected chi connectivity index (χ0v) is 12.9. The van der Waals surface area contributed by atoms with Gasteiger partial charge in [-0.05, 0) is 41.5 Å². The molecule has 1 heterocycles.